The van der Waals surface area contributed by atoms with Gasteiger partial charge >= 0.3 is 0 Å². The summed E-state index contributed by atoms with van der Waals surface area (Å²) in [6.45, 7) is 5.82. The summed E-state index contributed by atoms with van der Waals surface area (Å²) in [4.78, 5) is 25.0. The SMILES string of the molecule is CCc1c(C)sc(NC(=O)c2cccc(C)c2)c1C(N)=O. The topological polar surface area (TPSA) is 72.2 Å². The van der Waals surface area contributed by atoms with Crippen molar-refractivity contribution in [3.8, 4) is 0 Å². The van der Waals surface area contributed by atoms with Gasteiger partial charge in [-0.1, -0.05) is 24.6 Å². The Morgan fingerprint density at radius 3 is 2.57 bits per heavy atom. The van der Waals surface area contributed by atoms with Gasteiger partial charge in [-0.05, 0) is 38.0 Å². The molecule has 4 nitrogen and oxygen atoms in total. The van der Waals surface area contributed by atoms with Crippen molar-refractivity contribution < 1.29 is 9.59 Å². The number of anilines is 1. The third kappa shape index (κ3) is 3.13. The van der Waals surface area contributed by atoms with Gasteiger partial charge in [0, 0.05) is 10.4 Å². The van der Waals surface area contributed by atoms with Crippen LogP contribution >= 0.6 is 11.3 Å². The molecule has 0 spiro atoms. The number of nitrogens with one attached hydrogen (secondary N) is 1. The Labute approximate surface area is 128 Å². The minimum Gasteiger partial charge on any atom is -0.365 e. The molecule has 0 atom stereocenters. The van der Waals surface area contributed by atoms with E-state index in [1.54, 1.807) is 12.1 Å². The minimum absolute atomic E-state index is 0.231. The zero-order chi connectivity index (χ0) is 15.6. The Balaban J connectivity index is 2.36. The normalized spacial score (nSPS) is 10.4. The summed E-state index contributed by atoms with van der Waals surface area (Å²) in [6.07, 6.45) is 0.709. The zero-order valence-electron chi connectivity index (χ0n) is 12.3. The van der Waals surface area contributed by atoms with Crippen molar-refractivity contribution >= 4 is 28.2 Å². The predicted octanol–water partition coefficient (Wildman–Crippen LogP) is 3.28. The number of rotatable bonds is 4. The Morgan fingerprint density at radius 1 is 1.29 bits per heavy atom. The molecule has 2 rings (SSSR count). The Kier molecular flexibility index (Phi) is 4.43. The number of aryl methyl sites for hydroxylation is 2. The van der Waals surface area contributed by atoms with E-state index in [0.29, 0.717) is 22.5 Å². The average molecular weight is 302 g/mol. The van der Waals surface area contributed by atoms with E-state index < -0.39 is 5.91 Å². The van der Waals surface area contributed by atoms with Crippen LogP contribution in [0, 0.1) is 13.8 Å². The molecule has 2 aromatic rings. The molecule has 1 heterocycles. The fraction of sp³-hybridized carbons (Fsp3) is 0.250. The second-order valence-electron chi connectivity index (χ2n) is 4.88. The lowest BCUT2D eigenvalue weighted by atomic mass is 10.1. The van der Waals surface area contributed by atoms with E-state index in [0.717, 1.165) is 16.0 Å². The molecule has 5 heteroatoms. The summed E-state index contributed by atoms with van der Waals surface area (Å²) in [5.41, 5.74) is 8.37. The van der Waals surface area contributed by atoms with Gasteiger partial charge in [0.2, 0.25) is 0 Å². The summed E-state index contributed by atoms with van der Waals surface area (Å²) in [5, 5.41) is 3.34. The van der Waals surface area contributed by atoms with Crippen LogP contribution in [-0.4, -0.2) is 11.8 Å². The highest BCUT2D eigenvalue weighted by atomic mass is 32.1. The van der Waals surface area contributed by atoms with Gasteiger partial charge in [-0.25, -0.2) is 0 Å². The molecule has 0 saturated carbocycles. The Bertz CT molecular complexity index is 704. The smallest absolute Gasteiger partial charge is 0.256 e. The number of hydrogen-bond acceptors (Lipinski definition) is 3. The number of amides is 2. The van der Waals surface area contributed by atoms with Gasteiger partial charge in [0.25, 0.3) is 11.8 Å². The molecule has 0 radical (unpaired) electrons. The number of carbonyl (C=O) groups excluding carboxylic acids is 2. The Hall–Kier alpha value is -2.14. The summed E-state index contributed by atoms with van der Waals surface area (Å²) in [5.74, 6) is -0.735. The molecule has 0 bridgehead atoms. The average Bonchev–Trinajstić information content (AvgIpc) is 2.74. The van der Waals surface area contributed by atoms with Gasteiger partial charge in [-0.15, -0.1) is 11.3 Å². The maximum atomic E-state index is 12.3. The first-order valence-corrected chi connectivity index (χ1v) is 7.55. The highest BCUT2D eigenvalue weighted by Crippen LogP contribution is 2.33. The first-order valence-electron chi connectivity index (χ1n) is 6.74. The van der Waals surface area contributed by atoms with E-state index in [1.807, 2.05) is 32.9 Å². The number of carbonyl (C=O) groups is 2. The first kappa shape index (κ1) is 15.3. The van der Waals surface area contributed by atoms with Crippen LogP contribution in [-0.2, 0) is 6.42 Å². The van der Waals surface area contributed by atoms with Gasteiger partial charge < -0.3 is 11.1 Å². The molecule has 0 saturated heterocycles. The van der Waals surface area contributed by atoms with Crippen LogP contribution < -0.4 is 11.1 Å². The van der Waals surface area contributed by atoms with Crippen molar-refractivity contribution in [2.24, 2.45) is 5.73 Å². The summed E-state index contributed by atoms with van der Waals surface area (Å²) in [6, 6.07) is 7.31. The molecule has 110 valence electrons. The molecule has 0 unspecified atom stereocenters. The van der Waals surface area contributed by atoms with Crippen molar-refractivity contribution in [1.82, 2.24) is 0 Å². The van der Waals surface area contributed by atoms with Gasteiger partial charge in [0.1, 0.15) is 5.00 Å². The van der Waals surface area contributed by atoms with E-state index in [-0.39, 0.29) is 5.91 Å². The lowest BCUT2D eigenvalue weighted by Gasteiger charge is -2.06. The number of thiophene rings is 1. The van der Waals surface area contributed by atoms with Crippen molar-refractivity contribution in [3.63, 3.8) is 0 Å². The fourth-order valence-corrected chi connectivity index (χ4v) is 3.46. The second-order valence-corrected chi connectivity index (χ2v) is 6.11. The molecule has 0 aliphatic carbocycles. The monoisotopic (exact) mass is 302 g/mol. The van der Waals surface area contributed by atoms with E-state index in [2.05, 4.69) is 5.32 Å². The molecule has 3 N–H and O–H groups in total. The van der Waals surface area contributed by atoms with E-state index in [1.165, 1.54) is 11.3 Å². The summed E-state index contributed by atoms with van der Waals surface area (Å²) < 4.78 is 0. The standard InChI is InChI=1S/C16H18N2O2S/c1-4-12-10(3)21-16(13(12)14(17)19)18-15(20)11-7-5-6-9(2)8-11/h5-8H,4H2,1-3H3,(H2,17,19)(H,18,20). The van der Waals surface area contributed by atoms with Gasteiger partial charge in [-0.2, -0.15) is 0 Å². The van der Waals surface area contributed by atoms with Crippen molar-refractivity contribution in [3.05, 3.63) is 51.4 Å². The molecule has 2 amide bonds. The van der Waals surface area contributed by atoms with Gasteiger partial charge in [-0.3, -0.25) is 9.59 Å². The van der Waals surface area contributed by atoms with Crippen LogP contribution in [0.25, 0.3) is 0 Å². The maximum absolute atomic E-state index is 12.3. The molecule has 21 heavy (non-hydrogen) atoms. The van der Waals surface area contributed by atoms with E-state index in [4.69, 9.17) is 5.73 Å². The molecule has 0 fully saturated rings. The molecular formula is C16H18N2O2S. The molecule has 1 aromatic heterocycles. The minimum atomic E-state index is -0.504. The van der Waals surface area contributed by atoms with Gasteiger partial charge in [0.05, 0.1) is 5.56 Å². The van der Waals surface area contributed by atoms with Crippen LogP contribution in [0.5, 0.6) is 0 Å². The third-order valence-electron chi connectivity index (χ3n) is 3.32. The number of primary amides is 1. The number of benzene rings is 1. The van der Waals surface area contributed by atoms with Crippen molar-refractivity contribution in [1.29, 1.82) is 0 Å². The lowest BCUT2D eigenvalue weighted by molar-refractivity contribution is 0.100. The van der Waals surface area contributed by atoms with Crippen molar-refractivity contribution in [2.75, 3.05) is 5.32 Å². The zero-order valence-corrected chi connectivity index (χ0v) is 13.1. The van der Waals surface area contributed by atoms with Crippen LogP contribution in [0.4, 0.5) is 5.00 Å². The molecule has 0 aliphatic rings. The highest BCUT2D eigenvalue weighted by Gasteiger charge is 2.20. The van der Waals surface area contributed by atoms with Crippen LogP contribution in [0.2, 0.25) is 0 Å². The maximum Gasteiger partial charge on any atom is 0.256 e. The largest absolute Gasteiger partial charge is 0.365 e. The van der Waals surface area contributed by atoms with Crippen LogP contribution in [0.15, 0.2) is 24.3 Å². The summed E-state index contributed by atoms with van der Waals surface area (Å²) >= 11 is 1.39. The van der Waals surface area contributed by atoms with Crippen LogP contribution in [0.1, 0.15) is 43.6 Å². The fourth-order valence-electron chi connectivity index (χ4n) is 2.31. The van der Waals surface area contributed by atoms with Crippen LogP contribution in [0.3, 0.4) is 0 Å². The predicted molar refractivity (Wildman–Crippen MR) is 86.1 cm³/mol. The highest BCUT2D eigenvalue weighted by molar-refractivity contribution is 7.16. The number of hydrogen-bond donors (Lipinski definition) is 2. The van der Waals surface area contributed by atoms with Crippen molar-refractivity contribution in [2.45, 2.75) is 27.2 Å². The van der Waals surface area contributed by atoms with Gasteiger partial charge in [0.15, 0.2) is 0 Å². The third-order valence-corrected chi connectivity index (χ3v) is 4.38. The molecular weight excluding hydrogens is 284 g/mol. The molecule has 0 aliphatic heterocycles. The second kappa shape index (κ2) is 6.10. The quantitative estimate of drug-likeness (QED) is 0.909. The van der Waals surface area contributed by atoms with E-state index >= 15 is 0 Å². The Morgan fingerprint density at radius 2 is 2.00 bits per heavy atom. The molecule has 1 aromatic carbocycles. The van der Waals surface area contributed by atoms with E-state index in [9.17, 15) is 9.59 Å². The number of nitrogens with two attached hydrogens (primary N) is 1. The lowest BCUT2D eigenvalue weighted by Crippen LogP contribution is -2.18. The summed E-state index contributed by atoms with van der Waals surface area (Å²) in [7, 11) is 0. The first-order chi connectivity index (χ1) is 9.93.